The van der Waals surface area contributed by atoms with Crippen LogP contribution in [-0.2, 0) is 16.4 Å². The van der Waals surface area contributed by atoms with Crippen LogP contribution in [0.5, 0.6) is 0 Å². The Hall–Kier alpha value is -0.390. The average Bonchev–Trinajstić information content (AvgIpc) is 2.49. The lowest BCUT2D eigenvalue weighted by Gasteiger charge is -2.11. The van der Waals surface area contributed by atoms with Crippen molar-refractivity contribution >= 4 is 21.2 Å². The maximum absolute atomic E-state index is 11.0. The number of hydrogen-bond donors (Lipinski definition) is 1. The van der Waals surface area contributed by atoms with Crippen LogP contribution in [0.1, 0.15) is 12.5 Å². The maximum atomic E-state index is 11.0. The highest BCUT2D eigenvalue weighted by atomic mass is 32.2. The van der Waals surface area contributed by atoms with Gasteiger partial charge in [-0.25, -0.2) is 8.42 Å². The van der Waals surface area contributed by atoms with Crippen molar-refractivity contribution < 1.29 is 8.42 Å². The predicted molar refractivity (Wildman–Crippen MR) is 60.3 cm³/mol. The third kappa shape index (κ3) is 4.74. The average molecular weight is 233 g/mol. The van der Waals surface area contributed by atoms with Crippen molar-refractivity contribution in [3.8, 4) is 0 Å². The first-order chi connectivity index (χ1) is 6.47. The first-order valence-electron chi connectivity index (χ1n) is 4.39. The van der Waals surface area contributed by atoms with E-state index in [0.29, 0.717) is 0 Å². The van der Waals surface area contributed by atoms with Gasteiger partial charge in [0.25, 0.3) is 0 Å². The molecule has 0 aromatic carbocycles. The van der Waals surface area contributed by atoms with E-state index in [9.17, 15) is 8.42 Å². The molecule has 1 heterocycles. The van der Waals surface area contributed by atoms with E-state index in [4.69, 9.17) is 0 Å². The molecule has 1 aromatic rings. The van der Waals surface area contributed by atoms with Crippen LogP contribution in [-0.4, -0.2) is 26.5 Å². The Morgan fingerprint density at radius 1 is 1.57 bits per heavy atom. The maximum Gasteiger partial charge on any atom is 0.148 e. The molecule has 1 aromatic heterocycles. The SMILES string of the molecule is CC(CS(C)(=O)=O)NCc1ccsc1. The molecular weight excluding hydrogens is 218 g/mol. The molecule has 0 saturated heterocycles. The molecule has 5 heteroatoms. The van der Waals surface area contributed by atoms with Crippen LogP contribution in [0.15, 0.2) is 16.8 Å². The zero-order valence-corrected chi connectivity index (χ0v) is 9.99. The molecule has 1 atom stereocenters. The van der Waals surface area contributed by atoms with Crippen molar-refractivity contribution in [1.82, 2.24) is 5.32 Å². The third-order valence-corrected chi connectivity index (χ3v) is 3.63. The number of rotatable bonds is 5. The van der Waals surface area contributed by atoms with Gasteiger partial charge < -0.3 is 5.32 Å². The van der Waals surface area contributed by atoms with Gasteiger partial charge in [-0.05, 0) is 29.3 Å². The summed E-state index contributed by atoms with van der Waals surface area (Å²) in [6, 6.07) is 2.04. The highest BCUT2D eigenvalue weighted by Gasteiger charge is 2.09. The first kappa shape index (κ1) is 11.7. The molecule has 0 saturated carbocycles. The molecule has 0 aliphatic carbocycles. The van der Waals surface area contributed by atoms with Crippen LogP contribution in [0, 0.1) is 0 Å². The molecule has 0 amide bonds. The van der Waals surface area contributed by atoms with Gasteiger partial charge in [-0.2, -0.15) is 11.3 Å². The monoisotopic (exact) mass is 233 g/mol. The molecule has 0 aliphatic rings. The minimum Gasteiger partial charge on any atom is -0.309 e. The third-order valence-electron chi connectivity index (χ3n) is 1.79. The van der Waals surface area contributed by atoms with E-state index in [1.807, 2.05) is 18.4 Å². The molecule has 0 spiro atoms. The highest BCUT2D eigenvalue weighted by molar-refractivity contribution is 7.90. The molecule has 3 nitrogen and oxygen atoms in total. The molecule has 1 N–H and O–H groups in total. The Labute approximate surface area is 89.1 Å². The van der Waals surface area contributed by atoms with Crippen LogP contribution in [0.2, 0.25) is 0 Å². The van der Waals surface area contributed by atoms with E-state index in [2.05, 4.69) is 10.7 Å². The lowest BCUT2D eigenvalue weighted by atomic mass is 10.3. The van der Waals surface area contributed by atoms with Gasteiger partial charge in [-0.15, -0.1) is 0 Å². The molecule has 14 heavy (non-hydrogen) atoms. The lowest BCUT2D eigenvalue weighted by molar-refractivity contribution is 0.560. The zero-order chi connectivity index (χ0) is 10.6. The molecule has 1 rings (SSSR count). The molecule has 0 fully saturated rings. The van der Waals surface area contributed by atoms with Crippen molar-refractivity contribution in [2.45, 2.75) is 19.5 Å². The molecule has 0 radical (unpaired) electrons. The second-order valence-corrected chi connectivity index (χ2v) is 6.47. The van der Waals surface area contributed by atoms with Crippen LogP contribution in [0.4, 0.5) is 0 Å². The topological polar surface area (TPSA) is 46.2 Å². The van der Waals surface area contributed by atoms with Crippen molar-refractivity contribution in [3.63, 3.8) is 0 Å². The van der Waals surface area contributed by atoms with E-state index >= 15 is 0 Å². The Balaban J connectivity index is 2.32. The number of nitrogens with one attached hydrogen (secondary N) is 1. The van der Waals surface area contributed by atoms with Gasteiger partial charge in [-0.3, -0.25) is 0 Å². The van der Waals surface area contributed by atoms with Gasteiger partial charge in [0.2, 0.25) is 0 Å². The van der Waals surface area contributed by atoms with E-state index < -0.39 is 9.84 Å². The first-order valence-corrected chi connectivity index (χ1v) is 7.40. The number of sulfone groups is 1. The molecule has 80 valence electrons. The second kappa shape index (κ2) is 4.91. The van der Waals surface area contributed by atoms with Crippen molar-refractivity contribution in [2.75, 3.05) is 12.0 Å². The van der Waals surface area contributed by atoms with Gasteiger partial charge >= 0.3 is 0 Å². The van der Waals surface area contributed by atoms with Gasteiger partial charge in [0.15, 0.2) is 0 Å². The smallest absolute Gasteiger partial charge is 0.148 e. The molecule has 1 unspecified atom stereocenters. The van der Waals surface area contributed by atoms with Gasteiger partial charge in [0.1, 0.15) is 9.84 Å². The van der Waals surface area contributed by atoms with Gasteiger partial charge in [-0.1, -0.05) is 0 Å². The minimum atomic E-state index is -2.87. The summed E-state index contributed by atoms with van der Waals surface area (Å²) in [4.78, 5) is 0. The Bertz CT molecular complexity index is 356. The Morgan fingerprint density at radius 3 is 2.79 bits per heavy atom. The van der Waals surface area contributed by atoms with Crippen molar-refractivity contribution in [3.05, 3.63) is 22.4 Å². The molecule has 0 bridgehead atoms. The van der Waals surface area contributed by atoms with Gasteiger partial charge in [0.05, 0.1) is 5.75 Å². The summed E-state index contributed by atoms with van der Waals surface area (Å²) in [7, 11) is -2.87. The highest BCUT2D eigenvalue weighted by Crippen LogP contribution is 2.05. The number of thiophene rings is 1. The largest absolute Gasteiger partial charge is 0.309 e. The fraction of sp³-hybridized carbons (Fsp3) is 0.556. The summed E-state index contributed by atoms with van der Waals surface area (Å²) in [6.45, 7) is 2.62. The minimum absolute atomic E-state index is 0.00454. The van der Waals surface area contributed by atoms with Crippen LogP contribution in [0.3, 0.4) is 0 Å². The van der Waals surface area contributed by atoms with E-state index in [-0.39, 0.29) is 11.8 Å². The van der Waals surface area contributed by atoms with E-state index in [1.165, 1.54) is 11.8 Å². The van der Waals surface area contributed by atoms with Crippen LogP contribution < -0.4 is 5.32 Å². The normalized spacial score (nSPS) is 14.1. The standard InChI is InChI=1S/C9H15NO2S2/c1-8(7-14(2,11)12)10-5-9-3-4-13-6-9/h3-4,6,8,10H,5,7H2,1-2H3. The Morgan fingerprint density at radius 2 is 2.29 bits per heavy atom. The summed E-state index contributed by atoms with van der Waals surface area (Å²) >= 11 is 1.65. The zero-order valence-electron chi connectivity index (χ0n) is 8.36. The Kier molecular flexibility index (Phi) is 4.10. The summed E-state index contributed by atoms with van der Waals surface area (Å²) in [5.74, 6) is 0.192. The molecule has 0 aliphatic heterocycles. The van der Waals surface area contributed by atoms with Crippen molar-refractivity contribution in [2.24, 2.45) is 0 Å². The summed E-state index contributed by atoms with van der Waals surface area (Å²) in [5.41, 5.74) is 1.20. The fourth-order valence-electron chi connectivity index (χ4n) is 1.20. The van der Waals surface area contributed by atoms with E-state index in [1.54, 1.807) is 11.3 Å². The van der Waals surface area contributed by atoms with Gasteiger partial charge in [0, 0.05) is 18.8 Å². The summed E-state index contributed by atoms with van der Waals surface area (Å²) < 4.78 is 21.9. The fourth-order valence-corrected chi connectivity index (χ4v) is 2.89. The predicted octanol–water partition coefficient (Wildman–Crippen LogP) is 1.27. The van der Waals surface area contributed by atoms with Crippen LogP contribution >= 0.6 is 11.3 Å². The van der Waals surface area contributed by atoms with E-state index in [0.717, 1.165) is 6.54 Å². The van der Waals surface area contributed by atoms with Crippen molar-refractivity contribution in [1.29, 1.82) is 0 Å². The lowest BCUT2D eigenvalue weighted by Crippen LogP contribution is -2.32. The summed E-state index contributed by atoms with van der Waals surface area (Å²) in [5, 5.41) is 7.24. The quantitative estimate of drug-likeness (QED) is 0.833. The van der Waals surface area contributed by atoms with Crippen LogP contribution in [0.25, 0.3) is 0 Å². The summed E-state index contributed by atoms with van der Waals surface area (Å²) in [6.07, 6.45) is 1.26. The molecular formula is C9H15NO2S2. The number of hydrogen-bond acceptors (Lipinski definition) is 4. The second-order valence-electron chi connectivity index (χ2n) is 3.51.